The lowest BCUT2D eigenvalue weighted by Gasteiger charge is -2.17. The molecule has 5 heteroatoms. The van der Waals surface area contributed by atoms with Crippen LogP contribution in [0.15, 0.2) is 12.3 Å². The topological polar surface area (TPSA) is 105 Å². The second-order valence-corrected chi connectivity index (χ2v) is 3.56. The molecule has 1 heterocycles. The van der Waals surface area contributed by atoms with E-state index in [0.29, 0.717) is 24.3 Å². The summed E-state index contributed by atoms with van der Waals surface area (Å²) in [7, 11) is 0. The summed E-state index contributed by atoms with van der Waals surface area (Å²) < 4.78 is 0. The van der Waals surface area contributed by atoms with Gasteiger partial charge in [0.05, 0.1) is 23.7 Å². The molecule has 1 aromatic rings. The van der Waals surface area contributed by atoms with Crippen LogP contribution in [0.2, 0.25) is 0 Å². The van der Waals surface area contributed by atoms with Crippen molar-refractivity contribution in [3.63, 3.8) is 0 Å². The lowest BCUT2D eigenvalue weighted by molar-refractivity contribution is 0.0125. The van der Waals surface area contributed by atoms with Gasteiger partial charge in [0.15, 0.2) is 0 Å². The highest BCUT2D eigenvalue weighted by Gasteiger charge is 2.19. The second kappa shape index (κ2) is 5.06. The molecule has 1 aromatic heterocycles. The molecule has 0 aliphatic heterocycles. The largest absolute Gasteiger partial charge is 0.397 e. The summed E-state index contributed by atoms with van der Waals surface area (Å²) in [5.41, 5.74) is 12.7. The Labute approximate surface area is 88.7 Å². The number of aryl methyl sites for hydroxylation is 1. The van der Waals surface area contributed by atoms with Crippen LogP contribution < -0.4 is 11.5 Å². The van der Waals surface area contributed by atoms with Crippen LogP contribution in [0.4, 0.5) is 5.69 Å². The molecule has 0 aliphatic carbocycles. The van der Waals surface area contributed by atoms with Gasteiger partial charge in [0.1, 0.15) is 6.10 Å². The Kier molecular flexibility index (Phi) is 4.02. The predicted octanol–water partition coefficient (Wildman–Crippen LogP) is -0.285. The smallest absolute Gasteiger partial charge is 0.122 e. The number of nitrogens with zero attached hydrogens (tertiary/aromatic N) is 1. The minimum absolute atomic E-state index is 0.326. The van der Waals surface area contributed by atoms with Crippen LogP contribution in [0.5, 0.6) is 0 Å². The lowest BCUT2D eigenvalue weighted by atomic mass is 10.1. The Bertz CT molecular complexity index is 330. The van der Waals surface area contributed by atoms with Gasteiger partial charge >= 0.3 is 0 Å². The van der Waals surface area contributed by atoms with Crippen molar-refractivity contribution in [3.05, 3.63) is 23.5 Å². The monoisotopic (exact) mass is 211 g/mol. The van der Waals surface area contributed by atoms with E-state index < -0.39 is 12.2 Å². The van der Waals surface area contributed by atoms with Crippen LogP contribution in [0.3, 0.4) is 0 Å². The van der Waals surface area contributed by atoms with Crippen LogP contribution in [-0.4, -0.2) is 27.8 Å². The standard InChI is InChI=1S/C10H17N3O2/c1-6-4-8(13-5-7(6)12)10(15)9(14)2-3-11/h4-5,9-10,14-15H,2-3,11-12H2,1H3. The molecule has 0 fully saturated rings. The Balaban J connectivity index is 2.81. The first-order chi connectivity index (χ1) is 7.06. The molecule has 0 saturated carbocycles. The molecule has 84 valence electrons. The van der Waals surface area contributed by atoms with Gasteiger partial charge in [-0.1, -0.05) is 0 Å². The van der Waals surface area contributed by atoms with Crippen molar-refractivity contribution >= 4 is 5.69 Å². The molecular formula is C10H17N3O2. The number of anilines is 1. The Hall–Kier alpha value is -1.17. The first-order valence-electron chi connectivity index (χ1n) is 4.84. The van der Waals surface area contributed by atoms with E-state index in [1.165, 1.54) is 6.20 Å². The highest BCUT2D eigenvalue weighted by atomic mass is 16.3. The molecule has 0 spiro atoms. The first kappa shape index (κ1) is 11.9. The zero-order chi connectivity index (χ0) is 11.4. The van der Waals surface area contributed by atoms with E-state index in [0.717, 1.165) is 5.56 Å². The van der Waals surface area contributed by atoms with E-state index in [4.69, 9.17) is 11.5 Å². The van der Waals surface area contributed by atoms with Crippen molar-refractivity contribution in [2.24, 2.45) is 5.73 Å². The summed E-state index contributed by atoms with van der Waals surface area (Å²) in [6.45, 7) is 2.15. The summed E-state index contributed by atoms with van der Waals surface area (Å²) in [5, 5.41) is 19.3. The molecular weight excluding hydrogens is 194 g/mol. The maximum atomic E-state index is 9.73. The van der Waals surface area contributed by atoms with Gasteiger partial charge in [-0.25, -0.2) is 0 Å². The van der Waals surface area contributed by atoms with Crippen LogP contribution in [0.1, 0.15) is 23.8 Å². The number of hydrogen-bond donors (Lipinski definition) is 4. The van der Waals surface area contributed by atoms with Crippen molar-refractivity contribution in [2.45, 2.75) is 25.6 Å². The molecule has 0 saturated heterocycles. The van der Waals surface area contributed by atoms with Crippen molar-refractivity contribution in [1.29, 1.82) is 0 Å². The molecule has 0 amide bonds. The van der Waals surface area contributed by atoms with E-state index >= 15 is 0 Å². The van der Waals surface area contributed by atoms with Crippen LogP contribution in [0, 0.1) is 6.92 Å². The van der Waals surface area contributed by atoms with Gasteiger partial charge in [-0.05, 0) is 31.5 Å². The number of nitrogen functional groups attached to an aromatic ring is 1. The summed E-state index contributed by atoms with van der Waals surface area (Å²) in [6, 6.07) is 1.67. The average molecular weight is 211 g/mol. The minimum atomic E-state index is -1.01. The Morgan fingerprint density at radius 2 is 2.13 bits per heavy atom. The third kappa shape index (κ3) is 2.89. The van der Waals surface area contributed by atoms with E-state index in [-0.39, 0.29) is 0 Å². The Morgan fingerprint density at radius 3 is 2.67 bits per heavy atom. The molecule has 2 unspecified atom stereocenters. The van der Waals surface area contributed by atoms with Gasteiger partial charge in [-0.2, -0.15) is 0 Å². The summed E-state index contributed by atoms with van der Waals surface area (Å²) in [4.78, 5) is 3.97. The molecule has 6 N–H and O–H groups in total. The van der Waals surface area contributed by atoms with Gasteiger partial charge in [-0.3, -0.25) is 4.98 Å². The fourth-order valence-electron chi connectivity index (χ4n) is 1.28. The molecule has 15 heavy (non-hydrogen) atoms. The molecule has 5 nitrogen and oxygen atoms in total. The van der Waals surface area contributed by atoms with E-state index in [9.17, 15) is 10.2 Å². The molecule has 0 aliphatic rings. The Morgan fingerprint density at radius 1 is 1.47 bits per heavy atom. The molecule has 2 atom stereocenters. The van der Waals surface area contributed by atoms with Crippen molar-refractivity contribution in [1.82, 2.24) is 4.98 Å². The molecule has 1 rings (SSSR count). The number of aliphatic hydroxyl groups is 2. The highest BCUT2D eigenvalue weighted by molar-refractivity contribution is 5.44. The average Bonchev–Trinajstić information content (AvgIpc) is 2.21. The highest BCUT2D eigenvalue weighted by Crippen LogP contribution is 2.19. The van der Waals surface area contributed by atoms with Gasteiger partial charge in [0, 0.05) is 0 Å². The maximum absolute atomic E-state index is 9.73. The first-order valence-corrected chi connectivity index (χ1v) is 4.84. The van der Waals surface area contributed by atoms with Crippen molar-refractivity contribution in [2.75, 3.05) is 12.3 Å². The third-order valence-electron chi connectivity index (χ3n) is 2.30. The van der Waals surface area contributed by atoms with Gasteiger partial charge in [-0.15, -0.1) is 0 Å². The number of hydrogen-bond acceptors (Lipinski definition) is 5. The van der Waals surface area contributed by atoms with E-state index in [1.54, 1.807) is 6.07 Å². The lowest BCUT2D eigenvalue weighted by Crippen LogP contribution is -2.22. The fraction of sp³-hybridized carbons (Fsp3) is 0.500. The zero-order valence-electron chi connectivity index (χ0n) is 8.72. The molecule has 0 aromatic carbocycles. The number of rotatable bonds is 4. The van der Waals surface area contributed by atoms with Gasteiger partial charge in [0.2, 0.25) is 0 Å². The predicted molar refractivity (Wildman–Crippen MR) is 58.0 cm³/mol. The fourth-order valence-corrected chi connectivity index (χ4v) is 1.28. The van der Waals surface area contributed by atoms with Crippen molar-refractivity contribution in [3.8, 4) is 0 Å². The van der Waals surface area contributed by atoms with Crippen LogP contribution >= 0.6 is 0 Å². The van der Waals surface area contributed by atoms with Gasteiger partial charge in [0.25, 0.3) is 0 Å². The van der Waals surface area contributed by atoms with E-state index in [2.05, 4.69) is 4.98 Å². The molecule has 0 radical (unpaired) electrons. The number of pyridine rings is 1. The van der Waals surface area contributed by atoms with Crippen molar-refractivity contribution < 1.29 is 10.2 Å². The SMILES string of the molecule is Cc1cc(C(O)C(O)CCN)ncc1N. The number of nitrogens with two attached hydrogens (primary N) is 2. The van der Waals surface area contributed by atoms with Crippen LogP contribution in [-0.2, 0) is 0 Å². The van der Waals surface area contributed by atoms with Gasteiger partial charge < -0.3 is 21.7 Å². The normalized spacial score (nSPS) is 14.9. The number of aromatic nitrogens is 1. The molecule has 0 bridgehead atoms. The summed E-state index contributed by atoms with van der Waals surface area (Å²) in [5.74, 6) is 0. The maximum Gasteiger partial charge on any atom is 0.122 e. The van der Waals surface area contributed by atoms with Crippen LogP contribution in [0.25, 0.3) is 0 Å². The quantitative estimate of drug-likeness (QED) is 0.548. The third-order valence-corrected chi connectivity index (χ3v) is 2.30. The van der Waals surface area contributed by atoms with E-state index in [1.807, 2.05) is 6.92 Å². The second-order valence-electron chi connectivity index (χ2n) is 3.56. The zero-order valence-corrected chi connectivity index (χ0v) is 8.72. The summed E-state index contributed by atoms with van der Waals surface area (Å²) >= 11 is 0. The minimum Gasteiger partial charge on any atom is -0.397 e. The number of aliphatic hydroxyl groups excluding tert-OH is 2. The summed E-state index contributed by atoms with van der Waals surface area (Å²) in [6.07, 6.45) is -0.0756.